The van der Waals surface area contributed by atoms with E-state index < -0.39 is 0 Å². The molecule has 0 aromatic rings. The molecule has 1 saturated carbocycles. The van der Waals surface area contributed by atoms with Crippen LogP contribution in [0.15, 0.2) is 16.6 Å². The molecule has 0 atom stereocenters. The first-order valence-corrected chi connectivity index (χ1v) is 4.02. The van der Waals surface area contributed by atoms with E-state index in [4.69, 9.17) is 0 Å². The van der Waals surface area contributed by atoms with Crippen molar-refractivity contribution >= 4 is 6.21 Å². The van der Waals surface area contributed by atoms with Crippen LogP contribution in [-0.4, -0.2) is 12.8 Å². The highest BCUT2D eigenvalue weighted by Gasteiger charge is 2.40. The van der Waals surface area contributed by atoms with Crippen molar-refractivity contribution in [2.75, 3.05) is 6.54 Å². The van der Waals surface area contributed by atoms with Gasteiger partial charge < -0.3 is 0 Å². The average molecular weight is 135 g/mol. The molecule has 2 aliphatic rings. The summed E-state index contributed by atoms with van der Waals surface area (Å²) in [6, 6.07) is 0. The molecular formula is C9H13N. The van der Waals surface area contributed by atoms with Crippen LogP contribution in [0.25, 0.3) is 0 Å². The lowest BCUT2D eigenvalue weighted by atomic mass is 9.97. The van der Waals surface area contributed by atoms with Gasteiger partial charge in [-0.25, -0.2) is 0 Å². The Morgan fingerprint density at radius 1 is 1.50 bits per heavy atom. The molecule has 1 heteroatoms. The summed E-state index contributed by atoms with van der Waals surface area (Å²) in [4.78, 5) is 4.27. The predicted molar refractivity (Wildman–Crippen MR) is 43.4 cm³/mol. The van der Waals surface area contributed by atoms with E-state index in [0.717, 1.165) is 13.0 Å². The second-order valence-corrected chi connectivity index (χ2v) is 3.54. The Kier molecular flexibility index (Phi) is 1.19. The number of aliphatic imine (C=N–C) groups is 1. The van der Waals surface area contributed by atoms with Crippen LogP contribution < -0.4 is 0 Å². The molecule has 1 aliphatic carbocycles. The van der Waals surface area contributed by atoms with Crippen LogP contribution in [0, 0.1) is 5.41 Å². The molecule has 1 heterocycles. The molecule has 0 N–H and O–H groups in total. The van der Waals surface area contributed by atoms with Gasteiger partial charge in [0, 0.05) is 12.8 Å². The summed E-state index contributed by atoms with van der Waals surface area (Å²) in [5, 5.41) is 0. The second kappa shape index (κ2) is 1.94. The largest absolute Gasteiger partial charge is 0.293 e. The summed E-state index contributed by atoms with van der Waals surface area (Å²) in [6.07, 6.45) is 8.30. The lowest BCUT2D eigenvalue weighted by Gasteiger charge is -2.11. The fourth-order valence-electron chi connectivity index (χ4n) is 1.39. The molecule has 54 valence electrons. The minimum Gasteiger partial charge on any atom is -0.293 e. The molecule has 0 aromatic heterocycles. The first-order chi connectivity index (χ1) is 4.81. The Bertz CT molecular complexity index is 197. The van der Waals surface area contributed by atoms with E-state index in [1.54, 1.807) is 0 Å². The zero-order chi connectivity index (χ0) is 7.03. The number of dihydropyridines is 1. The number of rotatable bonds is 1. The highest BCUT2D eigenvalue weighted by molar-refractivity contribution is 5.82. The summed E-state index contributed by atoms with van der Waals surface area (Å²) in [5.74, 6) is 0. The molecule has 0 saturated heterocycles. The van der Waals surface area contributed by atoms with Crippen molar-refractivity contribution in [2.24, 2.45) is 10.4 Å². The van der Waals surface area contributed by atoms with Gasteiger partial charge in [-0.3, -0.25) is 4.99 Å². The van der Waals surface area contributed by atoms with Gasteiger partial charge in [-0.1, -0.05) is 13.0 Å². The van der Waals surface area contributed by atoms with Gasteiger partial charge in [0.05, 0.1) is 0 Å². The Hall–Kier alpha value is -0.590. The third-order valence-corrected chi connectivity index (χ3v) is 2.55. The summed E-state index contributed by atoms with van der Waals surface area (Å²) in [7, 11) is 0. The molecule has 0 spiro atoms. The summed E-state index contributed by atoms with van der Waals surface area (Å²) >= 11 is 0. The van der Waals surface area contributed by atoms with Gasteiger partial charge >= 0.3 is 0 Å². The van der Waals surface area contributed by atoms with Crippen molar-refractivity contribution in [3.63, 3.8) is 0 Å². The topological polar surface area (TPSA) is 12.4 Å². The van der Waals surface area contributed by atoms with Crippen molar-refractivity contribution in [3.05, 3.63) is 11.6 Å². The van der Waals surface area contributed by atoms with E-state index in [1.165, 1.54) is 18.4 Å². The van der Waals surface area contributed by atoms with Crippen LogP contribution in [0.3, 0.4) is 0 Å². The third kappa shape index (κ3) is 0.898. The SMILES string of the molecule is CC1(C2=CCCN=C2)CC1. The third-order valence-electron chi connectivity index (χ3n) is 2.55. The molecule has 0 radical (unpaired) electrons. The fourth-order valence-corrected chi connectivity index (χ4v) is 1.39. The number of hydrogen-bond acceptors (Lipinski definition) is 1. The molecule has 1 aliphatic heterocycles. The van der Waals surface area contributed by atoms with Gasteiger partial charge in [-0.15, -0.1) is 0 Å². The van der Waals surface area contributed by atoms with E-state index >= 15 is 0 Å². The summed E-state index contributed by atoms with van der Waals surface area (Å²) < 4.78 is 0. The van der Waals surface area contributed by atoms with Gasteiger partial charge in [-0.05, 0) is 30.3 Å². The lowest BCUT2D eigenvalue weighted by Crippen LogP contribution is -2.04. The van der Waals surface area contributed by atoms with Crippen molar-refractivity contribution < 1.29 is 0 Å². The Morgan fingerprint density at radius 3 is 2.80 bits per heavy atom. The average Bonchev–Trinajstić information content (AvgIpc) is 2.72. The fraction of sp³-hybridized carbons (Fsp3) is 0.667. The van der Waals surface area contributed by atoms with Gasteiger partial charge in [0.2, 0.25) is 0 Å². The van der Waals surface area contributed by atoms with E-state index in [9.17, 15) is 0 Å². The second-order valence-electron chi connectivity index (χ2n) is 3.54. The number of allylic oxidation sites excluding steroid dienone is 1. The van der Waals surface area contributed by atoms with Crippen LogP contribution in [0.4, 0.5) is 0 Å². The Morgan fingerprint density at radius 2 is 2.30 bits per heavy atom. The molecule has 0 bridgehead atoms. The van der Waals surface area contributed by atoms with Crippen LogP contribution in [0.5, 0.6) is 0 Å². The molecule has 0 unspecified atom stereocenters. The predicted octanol–water partition coefficient (Wildman–Crippen LogP) is 2.19. The molecule has 1 nitrogen and oxygen atoms in total. The van der Waals surface area contributed by atoms with E-state index in [2.05, 4.69) is 24.2 Å². The Labute approximate surface area is 61.9 Å². The van der Waals surface area contributed by atoms with Crippen molar-refractivity contribution in [2.45, 2.75) is 26.2 Å². The van der Waals surface area contributed by atoms with Gasteiger partial charge in [0.25, 0.3) is 0 Å². The highest BCUT2D eigenvalue weighted by Crippen LogP contribution is 2.51. The maximum Gasteiger partial charge on any atom is 0.0424 e. The first-order valence-electron chi connectivity index (χ1n) is 4.02. The summed E-state index contributed by atoms with van der Waals surface area (Å²) in [5.41, 5.74) is 2.02. The van der Waals surface area contributed by atoms with Crippen LogP contribution in [0.1, 0.15) is 26.2 Å². The molecule has 0 amide bonds. The summed E-state index contributed by atoms with van der Waals surface area (Å²) in [6.45, 7) is 3.33. The minimum atomic E-state index is 0.532. The van der Waals surface area contributed by atoms with Crippen LogP contribution >= 0.6 is 0 Å². The molecular weight excluding hydrogens is 122 g/mol. The highest BCUT2D eigenvalue weighted by atomic mass is 14.7. The monoisotopic (exact) mass is 135 g/mol. The van der Waals surface area contributed by atoms with Crippen LogP contribution in [0.2, 0.25) is 0 Å². The number of nitrogens with zero attached hydrogens (tertiary/aromatic N) is 1. The number of hydrogen-bond donors (Lipinski definition) is 0. The van der Waals surface area contributed by atoms with Gasteiger partial charge in [-0.2, -0.15) is 0 Å². The van der Waals surface area contributed by atoms with Crippen molar-refractivity contribution in [1.82, 2.24) is 0 Å². The molecule has 1 fully saturated rings. The Balaban J connectivity index is 2.17. The smallest absolute Gasteiger partial charge is 0.0424 e. The normalized spacial score (nSPS) is 27.9. The first kappa shape index (κ1) is 6.14. The van der Waals surface area contributed by atoms with Crippen molar-refractivity contribution in [3.8, 4) is 0 Å². The zero-order valence-electron chi connectivity index (χ0n) is 6.43. The molecule has 2 rings (SSSR count). The van der Waals surface area contributed by atoms with Gasteiger partial charge in [0.15, 0.2) is 0 Å². The van der Waals surface area contributed by atoms with E-state index in [1.807, 2.05) is 0 Å². The molecule has 0 aromatic carbocycles. The van der Waals surface area contributed by atoms with Crippen LogP contribution in [-0.2, 0) is 0 Å². The minimum absolute atomic E-state index is 0.532. The zero-order valence-corrected chi connectivity index (χ0v) is 6.43. The maximum absolute atomic E-state index is 4.27. The van der Waals surface area contributed by atoms with E-state index in [-0.39, 0.29) is 0 Å². The van der Waals surface area contributed by atoms with Gasteiger partial charge in [0.1, 0.15) is 0 Å². The lowest BCUT2D eigenvalue weighted by molar-refractivity contribution is 0.711. The van der Waals surface area contributed by atoms with E-state index in [0.29, 0.717) is 5.41 Å². The standard InChI is InChI=1S/C9H13N/c1-9(4-5-9)8-3-2-6-10-7-8/h3,7H,2,4-6H2,1H3. The maximum atomic E-state index is 4.27. The quantitative estimate of drug-likeness (QED) is 0.522. The van der Waals surface area contributed by atoms with Crippen molar-refractivity contribution in [1.29, 1.82) is 0 Å². The molecule has 10 heavy (non-hydrogen) atoms.